The van der Waals surface area contributed by atoms with E-state index in [1.807, 2.05) is 4.90 Å². The molecule has 1 rings (SSSR count). The van der Waals surface area contributed by atoms with Gasteiger partial charge in [0.15, 0.2) is 0 Å². The Labute approximate surface area is 107 Å². The summed E-state index contributed by atoms with van der Waals surface area (Å²) in [5.74, 6) is 1.06. The number of amides is 1. The van der Waals surface area contributed by atoms with Gasteiger partial charge in [-0.3, -0.25) is 9.69 Å². The smallest absolute Gasteiger partial charge is 0.223 e. The lowest BCUT2D eigenvalue weighted by atomic mass is 10.1. The monoisotopic (exact) mass is 290 g/mol. The molecule has 0 aromatic heterocycles. The lowest BCUT2D eigenvalue weighted by Crippen LogP contribution is -2.49. The molecule has 0 radical (unpaired) electrons. The number of piperazine rings is 1. The average molecular weight is 291 g/mol. The van der Waals surface area contributed by atoms with Crippen molar-refractivity contribution in [2.24, 2.45) is 5.92 Å². The zero-order valence-corrected chi connectivity index (χ0v) is 12.0. The second-order valence-corrected chi connectivity index (χ2v) is 5.64. The molecule has 0 spiro atoms. The van der Waals surface area contributed by atoms with Crippen LogP contribution in [-0.2, 0) is 4.79 Å². The lowest BCUT2D eigenvalue weighted by molar-refractivity contribution is -0.132. The molecule has 0 saturated carbocycles. The maximum absolute atomic E-state index is 11.6. The van der Waals surface area contributed by atoms with Gasteiger partial charge in [0.1, 0.15) is 0 Å². The molecule has 16 heavy (non-hydrogen) atoms. The number of rotatable bonds is 5. The zero-order chi connectivity index (χ0) is 12.0. The van der Waals surface area contributed by atoms with Crippen LogP contribution in [0.4, 0.5) is 0 Å². The summed E-state index contributed by atoms with van der Waals surface area (Å²) in [6.45, 7) is 9.60. The summed E-state index contributed by atoms with van der Waals surface area (Å²) in [7, 11) is 0. The summed E-state index contributed by atoms with van der Waals surface area (Å²) < 4.78 is 0. The first-order valence-corrected chi connectivity index (χ1v) is 7.31. The van der Waals surface area contributed by atoms with Crippen LogP contribution in [0, 0.1) is 5.92 Å². The highest BCUT2D eigenvalue weighted by Crippen LogP contribution is 2.07. The van der Waals surface area contributed by atoms with E-state index in [9.17, 15) is 4.79 Å². The van der Waals surface area contributed by atoms with Gasteiger partial charge in [-0.2, -0.15) is 0 Å². The molecule has 1 aliphatic heterocycles. The van der Waals surface area contributed by atoms with Crippen molar-refractivity contribution >= 4 is 21.8 Å². The van der Waals surface area contributed by atoms with Gasteiger partial charge in [0.2, 0.25) is 5.91 Å². The molecular weight excluding hydrogens is 268 g/mol. The van der Waals surface area contributed by atoms with Crippen LogP contribution in [0.2, 0.25) is 0 Å². The van der Waals surface area contributed by atoms with Gasteiger partial charge in [-0.1, -0.05) is 29.8 Å². The molecule has 1 saturated heterocycles. The van der Waals surface area contributed by atoms with E-state index < -0.39 is 0 Å². The molecule has 0 aromatic carbocycles. The summed E-state index contributed by atoms with van der Waals surface area (Å²) >= 11 is 3.31. The fourth-order valence-electron chi connectivity index (χ4n) is 1.90. The highest BCUT2D eigenvalue weighted by atomic mass is 79.9. The Kier molecular flexibility index (Phi) is 6.36. The molecule has 3 nitrogen and oxygen atoms in total. The largest absolute Gasteiger partial charge is 0.340 e. The fourth-order valence-corrected chi connectivity index (χ4v) is 2.24. The van der Waals surface area contributed by atoms with Gasteiger partial charge in [-0.15, -0.1) is 0 Å². The number of carbonyl (C=O) groups is 1. The summed E-state index contributed by atoms with van der Waals surface area (Å²) in [6, 6.07) is 0. The molecule has 0 aromatic rings. The van der Waals surface area contributed by atoms with Crippen molar-refractivity contribution in [2.45, 2.75) is 26.7 Å². The Morgan fingerprint density at radius 1 is 1.25 bits per heavy atom. The predicted octanol–water partition coefficient (Wildman–Crippen LogP) is 1.96. The molecule has 0 aliphatic carbocycles. The van der Waals surface area contributed by atoms with Crippen LogP contribution >= 0.6 is 15.9 Å². The third-order valence-electron chi connectivity index (χ3n) is 3.06. The van der Waals surface area contributed by atoms with E-state index in [0.29, 0.717) is 12.3 Å². The minimum absolute atomic E-state index is 0.292. The van der Waals surface area contributed by atoms with Gasteiger partial charge in [-0.05, 0) is 18.9 Å². The van der Waals surface area contributed by atoms with Crippen LogP contribution in [0.5, 0.6) is 0 Å². The maximum atomic E-state index is 11.6. The van der Waals surface area contributed by atoms with E-state index in [1.165, 1.54) is 13.0 Å². The Balaban J connectivity index is 2.20. The predicted molar refractivity (Wildman–Crippen MR) is 70.9 cm³/mol. The third-order valence-corrected chi connectivity index (χ3v) is 3.45. The van der Waals surface area contributed by atoms with Crippen molar-refractivity contribution in [3.8, 4) is 0 Å². The Morgan fingerprint density at radius 2 is 1.88 bits per heavy atom. The molecule has 1 aliphatic rings. The lowest BCUT2D eigenvalue weighted by Gasteiger charge is -2.35. The van der Waals surface area contributed by atoms with E-state index in [0.717, 1.165) is 37.4 Å². The Hall–Kier alpha value is -0.0900. The quantitative estimate of drug-likeness (QED) is 0.723. The highest BCUT2D eigenvalue weighted by Gasteiger charge is 2.20. The molecule has 0 atom stereocenters. The maximum Gasteiger partial charge on any atom is 0.223 e. The molecule has 0 N–H and O–H groups in total. The zero-order valence-electron chi connectivity index (χ0n) is 10.4. The van der Waals surface area contributed by atoms with Gasteiger partial charge in [0, 0.05) is 37.9 Å². The van der Waals surface area contributed by atoms with Crippen molar-refractivity contribution in [3.63, 3.8) is 0 Å². The third kappa shape index (κ3) is 4.83. The SMILES string of the molecule is CC(C)CCN1CCN(C(=O)CCBr)CC1. The second-order valence-electron chi connectivity index (χ2n) is 4.84. The molecule has 1 fully saturated rings. The van der Waals surface area contributed by atoms with Crippen LogP contribution in [0.25, 0.3) is 0 Å². The number of alkyl halides is 1. The van der Waals surface area contributed by atoms with Crippen LogP contribution in [0.1, 0.15) is 26.7 Å². The van der Waals surface area contributed by atoms with E-state index in [4.69, 9.17) is 0 Å². The first-order chi connectivity index (χ1) is 7.63. The van der Waals surface area contributed by atoms with Crippen LogP contribution in [-0.4, -0.2) is 53.8 Å². The van der Waals surface area contributed by atoms with Crippen LogP contribution in [0.3, 0.4) is 0 Å². The van der Waals surface area contributed by atoms with Crippen LogP contribution in [0.15, 0.2) is 0 Å². The van der Waals surface area contributed by atoms with E-state index in [2.05, 4.69) is 34.7 Å². The number of nitrogens with zero attached hydrogens (tertiary/aromatic N) is 2. The van der Waals surface area contributed by atoms with Gasteiger partial charge in [-0.25, -0.2) is 0 Å². The Morgan fingerprint density at radius 3 is 2.38 bits per heavy atom. The average Bonchev–Trinajstić information content (AvgIpc) is 2.27. The van der Waals surface area contributed by atoms with Gasteiger partial charge < -0.3 is 4.90 Å². The minimum Gasteiger partial charge on any atom is -0.340 e. The fraction of sp³-hybridized carbons (Fsp3) is 0.917. The molecule has 4 heteroatoms. The Bertz CT molecular complexity index is 213. The molecule has 0 unspecified atom stereocenters. The first kappa shape index (κ1) is 14.0. The number of hydrogen-bond acceptors (Lipinski definition) is 2. The van der Waals surface area contributed by atoms with Crippen molar-refractivity contribution in [1.82, 2.24) is 9.80 Å². The van der Waals surface area contributed by atoms with Crippen molar-refractivity contribution in [3.05, 3.63) is 0 Å². The first-order valence-electron chi connectivity index (χ1n) is 6.19. The molecule has 1 amide bonds. The summed E-state index contributed by atoms with van der Waals surface area (Å²) in [6.07, 6.45) is 1.89. The van der Waals surface area contributed by atoms with Gasteiger partial charge >= 0.3 is 0 Å². The van der Waals surface area contributed by atoms with Crippen molar-refractivity contribution < 1.29 is 4.79 Å². The van der Waals surface area contributed by atoms with Gasteiger partial charge in [0.25, 0.3) is 0 Å². The molecule has 0 bridgehead atoms. The van der Waals surface area contributed by atoms with E-state index in [-0.39, 0.29) is 0 Å². The summed E-state index contributed by atoms with van der Waals surface area (Å²) in [4.78, 5) is 16.1. The standard InChI is InChI=1S/C12H23BrN2O/c1-11(2)4-6-14-7-9-15(10-8-14)12(16)3-5-13/h11H,3-10H2,1-2H3. The van der Waals surface area contributed by atoms with E-state index >= 15 is 0 Å². The van der Waals surface area contributed by atoms with Crippen LogP contribution < -0.4 is 0 Å². The number of carbonyl (C=O) groups excluding carboxylic acids is 1. The summed E-state index contributed by atoms with van der Waals surface area (Å²) in [5, 5.41) is 0.777. The van der Waals surface area contributed by atoms with E-state index in [1.54, 1.807) is 0 Å². The number of hydrogen-bond donors (Lipinski definition) is 0. The normalized spacial score (nSPS) is 18.1. The summed E-state index contributed by atoms with van der Waals surface area (Å²) in [5.41, 5.74) is 0. The second kappa shape index (κ2) is 7.28. The molecule has 1 heterocycles. The van der Waals surface area contributed by atoms with Crippen molar-refractivity contribution in [2.75, 3.05) is 38.1 Å². The molecular formula is C12H23BrN2O. The van der Waals surface area contributed by atoms with Gasteiger partial charge in [0.05, 0.1) is 0 Å². The number of halogens is 1. The highest BCUT2D eigenvalue weighted by molar-refractivity contribution is 9.09. The topological polar surface area (TPSA) is 23.6 Å². The van der Waals surface area contributed by atoms with Crippen molar-refractivity contribution in [1.29, 1.82) is 0 Å². The molecule has 94 valence electrons. The minimum atomic E-state index is 0.292.